The maximum absolute atomic E-state index is 12.3. The highest BCUT2D eigenvalue weighted by Gasteiger charge is 2.22. The van der Waals surface area contributed by atoms with Gasteiger partial charge in [-0.3, -0.25) is 9.89 Å². The molecule has 0 unspecified atom stereocenters. The van der Waals surface area contributed by atoms with E-state index in [4.69, 9.17) is 5.73 Å². The van der Waals surface area contributed by atoms with E-state index in [1.54, 1.807) is 0 Å². The predicted octanol–water partition coefficient (Wildman–Crippen LogP) is 2.38. The van der Waals surface area contributed by atoms with Crippen molar-refractivity contribution < 1.29 is 4.79 Å². The zero-order chi connectivity index (χ0) is 13.7. The van der Waals surface area contributed by atoms with Gasteiger partial charge in [-0.25, -0.2) is 0 Å². The van der Waals surface area contributed by atoms with Gasteiger partial charge in [0.15, 0.2) is 5.69 Å². The Hall–Kier alpha value is -1.52. The zero-order valence-electron chi connectivity index (χ0n) is 11.8. The van der Waals surface area contributed by atoms with E-state index in [0.717, 1.165) is 31.6 Å². The van der Waals surface area contributed by atoms with Crippen molar-refractivity contribution in [2.45, 2.75) is 46.5 Å². The Labute approximate surface area is 109 Å². The van der Waals surface area contributed by atoms with E-state index < -0.39 is 0 Å². The topological polar surface area (TPSA) is 75.0 Å². The molecule has 3 N–H and O–H groups in total. The van der Waals surface area contributed by atoms with Gasteiger partial charge in [-0.2, -0.15) is 5.10 Å². The zero-order valence-corrected chi connectivity index (χ0v) is 11.8. The molecule has 18 heavy (non-hydrogen) atoms. The largest absolute Gasteiger partial charge is 0.395 e. The van der Waals surface area contributed by atoms with Gasteiger partial charge in [-0.1, -0.05) is 27.7 Å². The highest BCUT2D eigenvalue weighted by Crippen LogP contribution is 2.23. The SMILES string of the molecule is CCCN(CCC)C(=O)c1n[nH]c(C(C)C)c1N. The maximum Gasteiger partial charge on any atom is 0.276 e. The minimum atomic E-state index is -0.0700. The first kappa shape index (κ1) is 14.5. The van der Waals surface area contributed by atoms with Crippen LogP contribution in [0.2, 0.25) is 0 Å². The van der Waals surface area contributed by atoms with Crippen molar-refractivity contribution in [3.63, 3.8) is 0 Å². The second-order valence-corrected chi connectivity index (χ2v) is 4.85. The fraction of sp³-hybridized carbons (Fsp3) is 0.692. The number of carbonyl (C=O) groups is 1. The van der Waals surface area contributed by atoms with Gasteiger partial charge in [-0.05, 0) is 18.8 Å². The van der Waals surface area contributed by atoms with E-state index in [0.29, 0.717) is 11.4 Å². The van der Waals surface area contributed by atoms with E-state index in [1.807, 2.05) is 18.7 Å². The quantitative estimate of drug-likeness (QED) is 0.816. The molecule has 1 aromatic heterocycles. The molecule has 0 fully saturated rings. The molecule has 1 aromatic rings. The average Bonchev–Trinajstić information content (AvgIpc) is 2.70. The summed E-state index contributed by atoms with van der Waals surface area (Å²) in [4.78, 5) is 14.2. The molecule has 0 saturated heterocycles. The Morgan fingerprint density at radius 3 is 2.28 bits per heavy atom. The standard InChI is InChI=1S/C13H24N4O/c1-5-7-17(8-6-2)13(18)12-10(14)11(9(3)4)15-16-12/h9H,5-8,14H2,1-4H3,(H,15,16). The Kier molecular flexibility index (Phi) is 5.19. The van der Waals surface area contributed by atoms with Gasteiger partial charge in [0.2, 0.25) is 0 Å². The van der Waals surface area contributed by atoms with Crippen LogP contribution in [0.25, 0.3) is 0 Å². The molecule has 1 rings (SSSR count). The molecule has 0 aliphatic carbocycles. The molecule has 0 atom stereocenters. The van der Waals surface area contributed by atoms with E-state index in [9.17, 15) is 4.79 Å². The van der Waals surface area contributed by atoms with E-state index in [-0.39, 0.29) is 11.8 Å². The number of H-pyrrole nitrogens is 1. The summed E-state index contributed by atoms with van der Waals surface area (Å²) in [6, 6.07) is 0. The summed E-state index contributed by atoms with van der Waals surface area (Å²) >= 11 is 0. The van der Waals surface area contributed by atoms with Gasteiger partial charge in [-0.15, -0.1) is 0 Å². The summed E-state index contributed by atoms with van der Waals surface area (Å²) in [5.41, 5.74) is 7.69. The first-order valence-corrected chi connectivity index (χ1v) is 6.65. The van der Waals surface area contributed by atoms with Crippen LogP contribution in [-0.2, 0) is 0 Å². The number of hydrogen-bond acceptors (Lipinski definition) is 3. The van der Waals surface area contributed by atoms with Crippen LogP contribution in [0.5, 0.6) is 0 Å². The number of aromatic amines is 1. The molecule has 0 saturated carbocycles. The lowest BCUT2D eigenvalue weighted by atomic mass is 10.1. The maximum atomic E-state index is 12.3. The smallest absolute Gasteiger partial charge is 0.276 e. The number of nitrogens with two attached hydrogens (primary N) is 1. The van der Waals surface area contributed by atoms with Crippen LogP contribution in [0.4, 0.5) is 5.69 Å². The first-order valence-electron chi connectivity index (χ1n) is 6.65. The van der Waals surface area contributed by atoms with Crippen molar-refractivity contribution in [1.82, 2.24) is 15.1 Å². The second-order valence-electron chi connectivity index (χ2n) is 4.85. The fourth-order valence-corrected chi connectivity index (χ4v) is 1.97. The van der Waals surface area contributed by atoms with Gasteiger partial charge >= 0.3 is 0 Å². The Morgan fingerprint density at radius 1 is 1.33 bits per heavy atom. The van der Waals surface area contributed by atoms with Gasteiger partial charge in [0, 0.05) is 13.1 Å². The van der Waals surface area contributed by atoms with E-state index in [1.165, 1.54) is 0 Å². The highest BCUT2D eigenvalue weighted by molar-refractivity contribution is 5.97. The number of amides is 1. The molecule has 102 valence electrons. The van der Waals surface area contributed by atoms with E-state index in [2.05, 4.69) is 24.0 Å². The molecule has 0 aliphatic heterocycles. The summed E-state index contributed by atoms with van der Waals surface area (Å²) in [6.07, 6.45) is 1.88. The van der Waals surface area contributed by atoms with Gasteiger partial charge < -0.3 is 10.6 Å². The molecular weight excluding hydrogens is 228 g/mol. The Morgan fingerprint density at radius 2 is 1.89 bits per heavy atom. The minimum absolute atomic E-state index is 0.0700. The molecule has 0 aliphatic rings. The lowest BCUT2D eigenvalue weighted by Gasteiger charge is -2.20. The highest BCUT2D eigenvalue weighted by atomic mass is 16.2. The van der Waals surface area contributed by atoms with Crippen LogP contribution in [0, 0.1) is 0 Å². The molecule has 5 heteroatoms. The van der Waals surface area contributed by atoms with Crippen LogP contribution in [0.1, 0.15) is 62.6 Å². The molecule has 0 radical (unpaired) electrons. The van der Waals surface area contributed by atoms with Crippen LogP contribution in [0.15, 0.2) is 0 Å². The van der Waals surface area contributed by atoms with Crippen LogP contribution < -0.4 is 5.73 Å². The predicted molar refractivity (Wildman–Crippen MR) is 73.6 cm³/mol. The van der Waals surface area contributed by atoms with Crippen molar-refractivity contribution in [2.24, 2.45) is 0 Å². The third kappa shape index (κ3) is 3.03. The number of nitrogens with zero attached hydrogens (tertiary/aromatic N) is 2. The minimum Gasteiger partial charge on any atom is -0.395 e. The number of aromatic nitrogens is 2. The number of anilines is 1. The van der Waals surface area contributed by atoms with Crippen molar-refractivity contribution in [1.29, 1.82) is 0 Å². The number of carbonyl (C=O) groups excluding carboxylic acids is 1. The molecule has 1 heterocycles. The number of rotatable bonds is 6. The van der Waals surface area contributed by atoms with Crippen LogP contribution >= 0.6 is 0 Å². The number of hydrogen-bond donors (Lipinski definition) is 2. The molecule has 0 spiro atoms. The lowest BCUT2D eigenvalue weighted by Crippen LogP contribution is -2.33. The third-order valence-corrected chi connectivity index (χ3v) is 2.89. The second kappa shape index (κ2) is 6.42. The normalized spacial score (nSPS) is 10.9. The number of nitrogens with one attached hydrogen (secondary N) is 1. The van der Waals surface area contributed by atoms with Crippen molar-refractivity contribution >= 4 is 11.6 Å². The van der Waals surface area contributed by atoms with E-state index >= 15 is 0 Å². The third-order valence-electron chi connectivity index (χ3n) is 2.89. The average molecular weight is 252 g/mol. The summed E-state index contributed by atoms with van der Waals surface area (Å²) in [7, 11) is 0. The number of nitrogen functional groups attached to an aromatic ring is 1. The van der Waals surface area contributed by atoms with Crippen LogP contribution in [0.3, 0.4) is 0 Å². The molecule has 0 aromatic carbocycles. The van der Waals surface area contributed by atoms with Crippen molar-refractivity contribution in [3.05, 3.63) is 11.4 Å². The molecule has 1 amide bonds. The Balaban J connectivity index is 2.94. The molecule has 5 nitrogen and oxygen atoms in total. The lowest BCUT2D eigenvalue weighted by molar-refractivity contribution is 0.0750. The summed E-state index contributed by atoms with van der Waals surface area (Å²) < 4.78 is 0. The fourth-order valence-electron chi connectivity index (χ4n) is 1.97. The van der Waals surface area contributed by atoms with Gasteiger partial charge in [0.1, 0.15) is 0 Å². The monoisotopic (exact) mass is 252 g/mol. The first-order chi connectivity index (χ1) is 8.52. The summed E-state index contributed by atoms with van der Waals surface area (Å²) in [5, 5.41) is 6.95. The van der Waals surface area contributed by atoms with Crippen LogP contribution in [-0.4, -0.2) is 34.1 Å². The summed E-state index contributed by atoms with van der Waals surface area (Å²) in [6.45, 7) is 9.65. The summed E-state index contributed by atoms with van der Waals surface area (Å²) in [5.74, 6) is 0.171. The van der Waals surface area contributed by atoms with Crippen molar-refractivity contribution in [3.8, 4) is 0 Å². The van der Waals surface area contributed by atoms with Crippen molar-refractivity contribution in [2.75, 3.05) is 18.8 Å². The molecular formula is C13H24N4O. The Bertz CT molecular complexity index is 392. The van der Waals surface area contributed by atoms with Gasteiger partial charge in [0.05, 0.1) is 11.4 Å². The van der Waals surface area contributed by atoms with Gasteiger partial charge in [0.25, 0.3) is 5.91 Å². The molecule has 0 bridgehead atoms.